The van der Waals surface area contributed by atoms with Gasteiger partial charge in [-0.05, 0) is 53.4 Å². The first-order valence-corrected chi connectivity index (χ1v) is 6.88. The van der Waals surface area contributed by atoms with Gasteiger partial charge in [0.2, 0.25) is 0 Å². The lowest BCUT2D eigenvalue weighted by Crippen LogP contribution is -2.27. The zero-order chi connectivity index (χ0) is 13.8. The van der Waals surface area contributed by atoms with Crippen molar-refractivity contribution in [2.75, 3.05) is 0 Å². The molecule has 0 aliphatic heterocycles. The molecule has 1 nitrogen and oxygen atoms in total. The molecule has 1 aromatic carbocycles. The van der Waals surface area contributed by atoms with E-state index in [0.717, 1.165) is 18.6 Å². The average molecular weight is 285 g/mol. The summed E-state index contributed by atoms with van der Waals surface area (Å²) in [6.07, 6.45) is 0.843. The fourth-order valence-electron chi connectivity index (χ4n) is 1.84. The van der Waals surface area contributed by atoms with Crippen LogP contribution in [-0.4, -0.2) is 6.04 Å². The predicted molar refractivity (Wildman–Crippen MR) is 70.6 cm³/mol. The minimum absolute atomic E-state index is 0.172. The SMILES string of the molecule is CC(Cc1ccsc1)NCc1cc(F)c(F)c(F)c1. The highest BCUT2D eigenvalue weighted by atomic mass is 32.1. The molecule has 5 heteroatoms. The highest BCUT2D eigenvalue weighted by Gasteiger charge is 2.11. The monoisotopic (exact) mass is 285 g/mol. The van der Waals surface area contributed by atoms with Gasteiger partial charge in [0.15, 0.2) is 17.5 Å². The summed E-state index contributed by atoms with van der Waals surface area (Å²) in [4.78, 5) is 0. The molecule has 0 fully saturated rings. The second kappa shape index (κ2) is 6.21. The Morgan fingerprint density at radius 1 is 1.16 bits per heavy atom. The van der Waals surface area contributed by atoms with Crippen LogP contribution in [0.2, 0.25) is 0 Å². The molecule has 0 saturated heterocycles. The van der Waals surface area contributed by atoms with E-state index in [1.54, 1.807) is 11.3 Å². The minimum Gasteiger partial charge on any atom is -0.310 e. The summed E-state index contributed by atoms with van der Waals surface area (Å²) in [6, 6.07) is 4.25. The van der Waals surface area contributed by atoms with Gasteiger partial charge in [-0.2, -0.15) is 11.3 Å². The molecule has 1 unspecified atom stereocenters. The third-order valence-corrected chi connectivity index (χ3v) is 3.55. The number of rotatable bonds is 5. The van der Waals surface area contributed by atoms with Crippen LogP contribution in [0.5, 0.6) is 0 Å². The van der Waals surface area contributed by atoms with E-state index in [4.69, 9.17) is 0 Å². The molecule has 1 N–H and O–H groups in total. The van der Waals surface area contributed by atoms with Crippen molar-refractivity contribution in [1.82, 2.24) is 5.32 Å². The molecule has 0 spiro atoms. The predicted octanol–water partition coefficient (Wildman–Crippen LogP) is 3.89. The fraction of sp³-hybridized carbons (Fsp3) is 0.286. The Kier molecular flexibility index (Phi) is 4.61. The van der Waals surface area contributed by atoms with Crippen LogP contribution in [0.4, 0.5) is 13.2 Å². The van der Waals surface area contributed by atoms with E-state index in [9.17, 15) is 13.2 Å². The number of nitrogens with one attached hydrogen (secondary N) is 1. The molecule has 2 aromatic rings. The zero-order valence-electron chi connectivity index (χ0n) is 10.4. The highest BCUT2D eigenvalue weighted by molar-refractivity contribution is 7.07. The van der Waals surface area contributed by atoms with Gasteiger partial charge in [-0.15, -0.1) is 0 Å². The van der Waals surface area contributed by atoms with Crippen molar-refractivity contribution in [3.63, 3.8) is 0 Å². The normalized spacial score (nSPS) is 12.6. The molecule has 1 aromatic heterocycles. The van der Waals surface area contributed by atoms with Crippen molar-refractivity contribution >= 4 is 11.3 Å². The lowest BCUT2D eigenvalue weighted by atomic mass is 10.1. The first-order chi connectivity index (χ1) is 9.06. The number of halogens is 3. The maximum Gasteiger partial charge on any atom is 0.194 e. The lowest BCUT2D eigenvalue weighted by Gasteiger charge is -2.13. The molecular formula is C14H14F3NS. The standard InChI is InChI=1S/C14H14F3NS/c1-9(4-10-2-3-19-8-10)18-7-11-5-12(15)14(17)13(16)6-11/h2-3,5-6,8-9,18H,4,7H2,1H3. The van der Waals surface area contributed by atoms with Crippen LogP contribution >= 0.6 is 11.3 Å². The number of hydrogen-bond acceptors (Lipinski definition) is 2. The van der Waals surface area contributed by atoms with Gasteiger partial charge < -0.3 is 5.32 Å². The topological polar surface area (TPSA) is 12.0 Å². The Morgan fingerprint density at radius 2 is 1.84 bits per heavy atom. The van der Waals surface area contributed by atoms with Gasteiger partial charge in [0.05, 0.1) is 0 Å². The summed E-state index contributed by atoms with van der Waals surface area (Å²) in [5.74, 6) is -3.72. The Labute approximate surface area is 114 Å². The minimum atomic E-state index is -1.42. The quantitative estimate of drug-likeness (QED) is 0.822. The van der Waals surface area contributed by atoms with Crippen LogP contribution in [0, 0.1) is 17.5 Å². The largest absolute Gasteiger partial charge is 0.310 e. The zero-order valence-corrected chi connectivity index (χ0v) is 11.2. The van der Waals surface area contributed by atoms with E-state index in [1.165, 1.54) is 5.56 Å². The highest BCUT2D eigenvalue weighted by Crippen LogP contribution is 2.14. The van der Waals surface area contributed by atoms with Gasteiger partial charge in [0.25, 0.3) is 0 Å². The number of hydrogen-bond donors (Lipinski definition) is 1. The second-order valence-electron chi connectivity index (χ2n) is 4.49. The van der Waals surface area contributed by atoms with Crippen molar-refractivity contribution < 1.29 is 13.2 Å². The van der Waals surface area contributed by atoms with Gasteiger partial charge in [-0.25, -0.2) is 13.2 Å². The van der Waals surface area contributed by atoms with Crippen molar-refractivity contribution in [3.05, 3.63) is 57.5 Å². The first-order valence-electron chi connectivity index (χ1n) is 5.94. The molecule has 2 rings (SSSR count). The number of benzene rings is 1. The Bertz CT molecular complexity index is 517. The summed E-state index contributed by atoms with van der Waals surface area (Å²) in [5.41, 5.74) is 1.62. The molecule has 0 saturated carbocycles. The second-order valence-corrected chi connectivity index (χ2v) is 5.27. The number of thiophene rings is 1. The third kappa shape index (κ3) is 3.81. The van der Waals surface area contributed by atoms with Gasteiger partial charge in [-0.3, -0.25) is 0 Å². The molecule has 19 heavy (non-hydrogen) atoms. The summed E-state index contributed by atoms with van der Waals surface area (Å²) in [5, 5.41) is 7.23. The van der Waals surface area contributed by atoms with Crippen LogP contribution < -0.4 is 5.32 Å². The molecule has 0 bridgehead atoms. The lowest BCUT2D eigenvalue weighted by molar-refractivity contribution is 0.443. The Hall–Kier alpha value is -1.33. The van der Waals surface area contributed by atoms with Crippen LogP contribution in [-0.2, 0) is 13.0 Å². The maximum atomic E-state index is 13.0. The van der Waals surface area contributed by atoms with Gasteiger partial charge >= 0.3 is 0 Å². The third-order valence-electron chi connectivity index (χ3n) is 2.82. The molecule has 0 radical (unpaired) electrons. The van der Waals surface area contributed by atoms with Crippen LogP contribution in [0.15, 0.2) is 29.0 Å². The summed E-state index contributed by atoms with van der Waals surface area (Å²) in [6.45, 7) is 2.30. The summed E-state index contributed by atoms with van der Waals surface area (Å²) in [7, 11) is 0. The van der Waals surface area contributed by atoms with E-state index < -0.39 is 17.5 Å². The van der Waals surface area contributed by atoms with Gasteiger partial charge in [0, 0.05) is 12.6 Å². The molecule has 0 amide bonds. The molecule has 0 aliphatic rings. The van der Waals surface area contributed by atoms with E-state index in [1.807, 2.05) is 18.4 Å². The van der Waals surface area contributed by atoms with E-state index in [-0.39, 0.29) is 6.04 Å². The van der Waals surface area contributed by atoms with Crippen LogP contribution in [0.25, 0.3) is 0 Å². The Balaban J connectivity index is 1.91. The van der Waals surface area contributed by atoms with Crippen molar-refractivity contribution in [2.24, 2.45) is 0 Å². The fourth-order valence-corrected chi connectivity index (χ4v) is 2.52. The molecule has 1 atom stereocenters. The van der Waals surface area contributed by atoms with E-state index in [2.05, 4.69) is 10.7 Å². The van der Waals surface area contributed by atoms with Crippen LogP contribution in [0.1, 0.15) is 18.1 Å². The molecule has 102 valence electrons. The molecule has 1 heterocycles. The summed E-state index contributed by atoms with van der Waals surface area (Å²) < 4.78 is 38.8. The first kappa shape index (κ1) is 14.1. The van der Waals surface area contributed by atoms with Crippen molar-refractivity contribution in [2.45, 2.75) is 25.9 Å². The van der Waals surface area contributed by atoms with Gasteiger partial charge in [-0.1, -0.05) is 0 Å². The Morgan fingerprint density at radius 3 is 2.42 bits per heavy atom. The van der Waals surface area contributed by atoms with Gasteiger partial charge in [0.1, 0.15) is 0 Å². The average Bonchev–Trinajstić information content (AvgIpc) is 2.86. The molecule has 0 aliphatic carbocycles. The summed E-state index contributed by atoms with van der Waals surface area (Å²) >= 11 is 1.63. The van der Waals surface area contributed by atoms with E-state index in [0.29, 0.717) is 12.1 Å². The van der Waals surface area contributed by atoms with Crippen molar-refractivity contribution in [3.8, 4) is 0 Å². The maximum absolute atomic E-state index is 13.0. The smallest absolute Gasteiger partial charge is 0.194 e. The van der Waals surface area contributed by atoms with Crippen LogP contribution in [0.3, 0.4) is 0 Å². The molecular weight excluding hydrogens is 271 g/mol. The van der Waals surface area contributed by atoms with E-state index >= 15 is 0 Å². The van der Waals surface area contributed by atoms with Crippen molar-refractivity contribution in [1.29, 1.82) is 0 Å².